The van der Waals surface area contributed by atoms with E-state index in [4.69, 9.17) is 0 Å². The second-order valence-electron chi connectivity index (χ2n) is 6.43. The molecule has 1 atom stereocenters. The van der Waals surface area contributed by atoms with Crippen molar-refractivity contribution in [2.24, 2.45) is 0 Å². The van der Waals surface area contributed by atoms with E-state index in [9.17, 15) is 9.90 Å². The number of aliphatic hydroxyl groups is 1. The van der Waals surface area contributed by atoms with E-state index in [0.29, 0.717) is 13.0 Å². The van der Waals surface area contributed by atoms with Gasteiger partial charge in [-0.3, -0.25) is 4.79 Å². The summed E-state index contributed by atoms with van der Waals surface area (Å²) >= 11 is 0. The summed E-state index contributed by atoms with van der Waals surface area (Å²) in [7, 11) is 0. The molecule has 1 saturated carbocycles. The number of hydrogen-bond acceptors (Lipinski definition) is 3. The number of amides is 1. The van der Waals surface area contributed by atoms with Crippen molar-refractivity contribution >= 4 is 11.6 Å². The molecule has 1 unspecified atom stereocenters. The summed E-state index contributed by atoms with van der Waals surface area (Å²) in [6, 6.07) is 8.16. The monoisotopic (exact) mass is 288 g/mol. The zero-order valence-electron chi connectivity index (χ0n) is 12.4. The topological polar surface area (TPSA) is 61.4 Å². The maximum atomic E-state index is 12.1. The highest BCUT2D eigenvalue weighted by molar-refractivity contribution is 5.78. The van der Waals surface area contributed by atoms with Gasteiger partial charge in [0.05, 0.1) is 5.60 Å². The maximum absolute atomic E-state index is 12.1. The van der Waals surface area contributed by atoms with Gasteiger partial charge in [0.15, 0.2) is 0 Å². The molecule has 0 aromatic heterocycles. The average Bonchev–Trinajstić information content (AvgIpc) is 2.90. The van der Waals surface area contributed by atoms with Gasteiger partial charge in [-0.1, -0.05) is 37.5 Å². The van der Waals surface area contributed by atoms with E-state index in [1.54, 1.807) is 0 Å². The molecule has 2 aliphatic rings. The number of benzene rings is 1. The van der Waals surface area contributed by atoms with Crippen molar-refractivity contribution in [2.45, 2.75) is 50.0 Å². The lowest BCUT2D eigenvalue weighted by Crippen LogP contribution is -2.44. The number of rotatable bonds is 4. The zero-order valence-corrected chi connectivity index (χ0v) is 12.4. The molecule has 0 saturated heterocycles. The van der Waals surface area contributed by atoms with E-state index >= 15 is 0 Å². The van der Waals surface area contributed by atoms with Crippen molar-refractivity contribution in [2.75, 3.05) is 18.4 Å². The van der Waals surface area contributed by atoms with Crippen LogP contribution in [0.2, 0.25) is 0 Å². The van der Waals surface area contributed by atoms with E-state index in [1.165, 1.54) is 12.0 Å². The first-order valence-corrected chi connectivity index (χ1v) is 7.98. The van der Waals surface area contributed by atoms with Gasteiger partial charge in [-0.05, 0) is 24.5 Å². The van der Waals surface area contributed by atoms with E-state index < -0.39 is 5.60 Å². The molecule has 114 valence electrons. The van der Waals surface area contributed by atoms with Crippen LogP contribution in [0.5, 0.6) is 0 Å². The van der Waals surface area contributed by atoms with Crippen LogP contribution in [-0.4, -0.2) is 29.7 Å². The summed E-state index contributed by atoms with van der Waals surface area (Å²) in [4.78, 5) is 12.1. The largest absolute Gasteiger partial charge is 0.388 e. The van der Waals surface area contributed by atoms with Crippen LogP contribution < -0.4 is 10.6 Å². The Hall–Kier alpha value is -1.55. The van der Waals surface area contributed by atoms with Crippen LogP contribution in [0.3, 0.4) is 0 Å². The Morgan fingerprint density at radius 1 is 1.29 bits per heavy atom. The fourth-order valence-corrected chi connectivity index (χ4v) is 3.48. The lowest BCUT2D eigenvalue weighted by Gasteiger charge is -2.32. The molecule has 0 spiro atoms. The molecule has 1 amide bonds. The highest BCUT2D eigenvalue weighted by Gasteiger charge is 2.30. The van der Waals surface area contributed by atoms with Gasteiger partial charge in [0.25, 0.3) is 0 Å². The number of anilines is 1. The van der Waals surface area contributed by atoms with Gasteiger partial charge in [-0.15, -0.1) is 0 Å². The van der Waals surface area contributed by atoms with Crippen molar-refractivity contribution in [3.05, 3.63) is 29.8 Å². The van der Waals surface area contributed by atoms with Crippen molar-refractivity contribution in [1.82, 2.24) is 5.32 Å². The highest BCUT2D eigenvalue weighted by atomic mass is 16.3. The first kappa shape index (κ1) is 14.4. The van der Waals surface area contributed by atoms with Gasteiger partial charge in [0, 0.05) is 31.1 Å². The van der Waals surface area contributed by atoms with Gasteiger partial charge in [0.1, 0.15) is 0 Å². The molecule has 0 radical (unpaired) electrons. The summed E-state index contributed by atoms with van der Waals surface area (Å²) in [6.07, 6.45) is 5.42. The third-order valence-electron chi connectivity index (χ3n) is 4.77. The highest BCUT2D eigenvalue weighted by Crippen LogP contribution is 2.33. The lowest BCUT2D eigenvalue weighted by molar-refractivity contribution is -0.123. The lowest BCUT2D eigenvalue weighted by atomic mass is 9.85. The van der Waals surface area contributed by atoms with E-state index in [1.807, 2.05) is 12.1 Å². The number of hydrogen-bond donors (Lipinski definition) is 3. The maximum Gasteiger partial charge on any atom is 0.220 e. The Kier molecular flexibility index (Phi) is 4.15. The van der Waals surface area contributed by atoms with E-state index in [-0.39, 0.29) is 11.8 Å². The molecule has 4 heteroatoms. The van der Waals surface area contributed by atoms with Gasteiger partial charge < -0.3 is 15.7 Å². The molecule has 1 aliphatic heterocycles. The minimum Gasteiger partial charge on any atom is -0.388 e. The summed E-state index contributed by atoms with van der Waals surface area (Å²) in [5.74, 6) is 0.278. The van der Waals surface area contributed by atoms with Crippen LogP contribution in [0.4, 0.5) is 5.69 Å². The smallest absolute Gasteiger partial charge is 0.220 e. The Bertz CT molecular complexity index is 509. The molecule has 1 heterocycles. The number of fused-ring (bicyclic) bond motifs is 1. The van der Waals surface area contributed by atoms with Crippen LogP contribution in [-0.2, 0) is 4.79 Å². The fourth-order valence-electron chi connectivity index (χ4n) is 3.48. The third-order valence-corrected chi connectivity index (χ3v) is 4.77. The first-order chi connectivity index (χ1) is 10.2. The Labute approximate surface area is 125 Å². The quantitative estimate of drug-likeness (QED) is 0.797. The number of para-hydroxylation sites is 1. The van der Waals surface area contributed by atoms with Crippen LogP contribution in [0.1, 0.15) is 50.0 Å². The molecule has 1 aliphatic carbocycles. The third kappa shape index (κ3) is 3.38. The SMILES string of the molecule is O=C(CC1CNc2ccccc21)NCC1(O)CCCCC1. The minimum absolute atomic E-state index is 0.0394. The van der Waals surface area contributed by atoms with Crippen molar-refractivity contribution in [3.63, 3.8) is 0 Å². The first-order valence-electron chi connectivity index (χ1n) is 7.98. The van der Waals surface area contributed by atoms with Crippen molar-refractivity contribution < 1.29 is 9.90 Å². The number of nitrogens with one attached hydrogen (secondary N) is 2. The molecule has 21 heavy (non-hydrogen) atoms. The second-order valence-corrected chi connectivity index (χ2v) is 6.43. The van der Waals surface area contributed by atoms with Gasteiger partial charge in [0.2, 0.25) is 5.91 Å². The molecule has 1 fully saturated rings. The van der Waals surface area contributed by atoms with Gasteiger partial charge in [-0.2, -0.15) is 0 Å². The minimum atomic E-state index is -0.681. The number of carbonyl (C=O) groups excluding carboxylic acids is 1. The van der Waals surface area contributed by atoms with E-state index in [2.05, 4.69) is 22.8 Å². The normalized spacial score (nSPS) is 23.2. The summed E-state index contributed by atoms with van der Waals surface area (Å²) in [5.41, 5.74) is 1.69. The fraction of sp³-hybridized carbons (Fsp3) is 0.588. The predicted octanol–water partition coefficient (Wildman–Crippen LogP) is 2.40. The molecule has 3 N–H and O–H groups in total. The Morgan fingerprint density at radius 3 is 2.86 bits per heavy atom. The number of carbonyl (C=O) groups is 1. The summed E-state index contributed by atoms with van der Waals surface area (Å²) < 4.78 is 0. The van der Waals surface area contributed by atoms with Gasteiger partial charge in [-0.25, -0.2) is 0 Å². The van der Waals surface area contributed by atoms with Crippen LogP contribution >= 0.6 is 0 Å². The van der Waals surface area contributed by atoms with Crippen molar-refractivity contribution in [3.8, 4) is 0 Å². The Morgan fingerprint density at radius 2 is 2.05 bits per heavy atom. The zero-order chi connectivity index (χ0) is 14.7. The van der Waals surface area contributed by atoms with Crippen LogP contribution in [0, 0.1) is 0 Å². The standard InChI is InChI=1S/C17H24N2O2/c20-16(19-12-17(21)8-4-1-5-9-17)10-13-11-18-15-7-3-2-6-14(13)15/h2-3,6-7,13,18,21H,1,4-5,8-12H2,(H,19,20). The average molecular weight is 288 g/mol. The molecule has 0 bridgehead atoms. The Balaban J connectivity index is 1.51. The molecule has 1 aromatic carbocycles. The molecular formula is C17H24N2O2. The van der Waals surface area contributed by atoms with E-state index in [0.717, 1.165) is 37.9 Å². The molecular weight excluding hydrogens is 264 g/mol. The van der Waals surface area contributed by atoms with Gasteiger partial charge >= 0.3 is 0 Å². The summed E-state index contributed by atoms with van der Waals surface area (Å²) in [6.45, 7) is 1.21. The molecule has 4 nitrogen and oxygen atoms in total. The van der Waals surface area contributed by atoms with Crippen LogP contribution in [0.25, 0.3) is 0 Å². The predicted molar refractivity (Wildman–Crippen MR) is 83.3 cm³/mol. The summed E-state index contributed by atoms with van der Waals surface area (Å²) in [5, 5.41) is 16.7. The molecule has 1 aromatic rings. The van der Waals surface area contributed by atoms with Crippen molar-refractivity contribution in [1.29, 1.82) is 0 Å². The second kappa shape index (κ2) is 6.06. The van der Waals surface area contributed by atoms with Crippen LogP contribution in [0.15, 0.2) is 24.3 Å². The molecule has 3 rings (SSSR count).